The number of hydrogen-bond donors (Lipinski definition) is 3. The van der Waals surface area contributed by atoms with Gasteiger partial charge in [-0.15, -0.1) is 0 Å². The van der Waals surface area contributed by atoms with Crippen molar-refractivity contribution in [3.8, 4) is 0 Å². The molecule has 186 valence electrons. The quantitative estimate of drug-likeness (QED) is 0.567. The van der Waals surface area contributed by atoms with Crippen LogP contribution < -0.4 is 5.56 Å². The van der Waals surface area contributed by atoms with E-state index in [-0.39, 0.29) is 28.6 Å². The summed E-state index contributed by atoms with van der Waals surface area (Å²) < 4.78 is 5.30. The summed E-state index contributed by atoms with van der Waals surface area (Å²) in [5, 5.41) is 24.7. The molecular weight excluding hydrogens is 414 g/mol. The van der Waals surface area contributed by atoms with E-state index in [0.29, 0.717) is 41.4 Å². The van der Waals surface area contributed by atoms with E-state index in [9.17, 15) is 15.0 Å². The number of nitrogens with one attached hydrogen (secondary N) is 1. The van der Waals surface area contributed by atoms with Crippen molar-refractivity contribution in [1.29, 1.82) is 0 Å². The zero-order chi connectivity index (χ0) is 23.5. The van der Waals surface area contributed by atoms with E-state index >= 15 is 0 Å². The highest BCUT2D eigenvalue weighted by Gasteiger charge is 2.64. The predicted octanol–water partition coefficient (Wildman–Crippen LogP) is 5.16. The molecule has 0 saturated heterocycles. The predicted molar refractivity (Wildman–Crippen MR) is 129 cm³/mol. The van der Waals surface area contributed by atoms with E-state index < -0.39 is 0 Å². The van der Waals surface area contributed by atoms with Gasteiger partial charge in [0.2, 0.25) is 0 Å². The van der Waals surface area contributed by atoms with E-state index in [0.717, 1.165) is 44.3 Å². The lowest BCUT2D eigenvalue weighted by atomic mass is 9.41. The fourth-order valence-corrected chi connectivity index (χ4v) is 9.95. The molecule has 1 aromatic rings. The second-order valence-corrected chi connectivity index (χ2v) is 12.8. The SMILES string of the molecule is CC[C@H]1[C@@H](O)C2C3CC[C@H]([C@H](C)CCc4cc(=O)[nH]o4)[C@@]3(C)CCC2[C@@]2(C)CC[C@@H](O)C[C@@H]12. The zero-order valence-electron chi connectivity index (χ0n) is 21.1. The van der Waals surface area contributed by atoms with Crippen LogP contribution in [0.3, 0.4) is 0 Å². The zero-order valence-corrected chi connectivity index (χ0v) is 21.1. The molecule has 33 heavy (non-hydrogen) atoms. The maximum atomic E-state index is 11.8. The summed E-state index contributed by atoms with van der Waals surface area (Å²) in [5.74, 6) is 4.39. The van der Waals surface area contributed by atoms with Gasteiger partial charge in [-0.2, -0.15) is 5.16 Å². The molecule has 4 aliphatic carbocycles. The van der Waals surface area contributed by atoms with Gasteiger partial charge in [0.15, 0.2) is 0 Å². The van der Waals surface area contributed by atoms with E-state index in [1.165, 1.54) is 25.7 Å². The smallest absolute Gasteiger partial charge is 0.280 e. The van der Waals surface area contributed by atoms with Crippen LogP contribution in [0.1, 0.15) is 91.2 Å². The van der Waals surface area contributed by atoms with Crippen LogP contribution in [-0.4, -0.2) is 27.6 Å². The van der Waals surface area contributed by atoms with Crippen LogP contribution in [0.25, 0.3) is 0 Å². The molecule has 0 spiro atoms. The van der Waals surface area contributed by atoms with Crippen molar-refractivity contribution in [2.24, 2.45) is 52.3 Å². The minimum atomic E-state index is -0.226. The third kappa shape index (κ3) is 3.67. The van der Waals surface area contributed by atoms with Gasteiger partial charge in [0.1, 0.15) is 5.76 Å². The molecule has 4 fully saturated rings. The first-order valence-electron chi connectivity index (χ1n) is 13.7. The number of H-pyrrole nitrogens is 1. The highest BCUT2D eigenvalue weighted by atomic mass is 16.5. The van der Waals surface area contributed by atoms with Gasteiger partial charge >= 0.3 is 0 Å². The van der Waals surface area contributed by atoms with Crippen LogP contribution in [-0.2, 0) is 6.42 Å². The minimum absolute atomic E-state index is 0.150. The molecule has 1 aromatic heterocycles. The molecule has 0 amide bonds. The number of aromatic nitrogens is 1. The normalized spacial score (nSPS) is 48.1. The van der Waals surface area contributed by atoms with Gasteiger partial charge in [0.25, 0.3) is 5.56 Å². The highest BCUT2D eigenvalue weighted by Crippen LogP contribution is 2.69. The van der Waals surface area contributed by atoms with E-state index in [1.807, 2.05) is 0 Å². The molecule has 3 N–H and O–H groups in total. The Hall–Kier alpha value is -1.07. The first-order chi connectivity index (χ1) is 15.7. The second-order valence-electron chi connectivity index (χ2n) is 12.8. The monoisotopic (exact) mass is 459 g/mol. The molecular formula is C28H45NO4. The number of rotatable bonds is 5. The third-order valence-corrected chi connectivity index (χ3v) is 11.6. The molecule has 0 aliphatic heterocycles. The van der Waals surface area contributed by atoms with Gasteiger partial charge in [0, 0.05) is 12.5 Å². The van der Waals surface area contributed by atoms with E-state index in [4.69, 9.17) is 4.52 Å². The topological polar surface area (TPSA) is 86.5 Å². The number of fused-ring (bicyclic) bond motifs is 5. The Balaban J connectivity index is 1.37. The maximum absolute atomic E-state index is 11.8. The first-order valence-corrected chi connectivity index (χ1v) is 13.7. The fraction of sp³-hybridized carbons (Fsp3) is 0.893. The van der Waals surface area contributed by atoms with Crippen molar-refractivity contribution in [3.63, 3.8) is 0 Å². The van der Waals surface area contributed by atoms with Crippen LogP contribution in [0.15, 0.2) is 15.4 Å². The van der Waals surface area contributed by atoms with Crippen molar-refractivity contribution >= 4 is 0 Å². The molecule has 5 rings (SSSR count). The molecule has 0 bridgehead atoms. The lowest BCUT2D eigenvalue weighted by Crippen LogP contribution is -2.62. The summed E-state index contributed by atoms with van der Waals surface area (Å²) >= 11 is 0. The highest BCUT2D eigenvalue weighted by molar-refractivity contribution is 5.13. The Morgan fingerprint density at radius 1 is 1.09 bits per heavy atom. The van der Waals surface area contributed by atoms with E-state index in [2.05, 4.69) is 32.9 Å². The van der Waals surface area contributed by atoms with Crippen molar-refractivity contribution in [2.45, 2.75) is 104 Å². The summed E-state index contributed by atoms with van der Waals surface area (Å²) in [5.41, 5.74) is 0.402. The lowest BCUT2D eigenvalue weighted by molar-refractivity contribution is -0.203. The molecule has 5 heteroatoms. The standard InChI is InChI=1S/C28H45NO4/c1-5-19-23-14-17(30)10-12-28(23,4)22-11-13-27(3)20(8-9-21(27)25(22)26(19)32)16(2)6-7-18-15-24(31)29-33-18/h15-17,19-23,25-26,30,32H,5-14H2,1-4H3,(H,29,31)/t16-,17-,19-,20-,21?,22?,23+,25?,26-,27-,28-/m1/s1. The second kappa shape index (κ2) is 8.55. The van der Waals surface area contributed by atoms with Crippen LogP contribution in [0.4, 0.5) is 0 Å². The average molecular weight is 460 g/mol. The number of hydrogen-bond acceptors (Lipinski definition) is 4. The Labute approximate surface area is 198 Å². The molecule has 0 aromatic carbocycles. The van der Waals surface area contributed by atoms with Crippen molar-refractivity contribution in [3.05, 3.63) is 22.2 Å². The average Bonchev–Trinajstić information content (AvgIpc) is 3.36. The molecule has 3 unspecified atom stereocenters. The van der Waals surface area contributed by atoms with Crippen LogP contribution >= 0.6 is 0 Å². The van der Waals surface area contributed by atoms with Gasteiger partial charge in [-0.3, -0.25) is 4.79 Å². The Bertz CT molecular complexity index is 892. The Morgan fingerprint density at radius 2 is 1.82 bits per heavy atom. The van der Waals surface area contributed by atoms with Gasteiger partial charge in [-0.05, 0) is 104 Å². The number of aliphatic hydroxyl groups is 2. The van der Waals surface area contributed by atoms with Crippen molar-refractivity contribution < 1.29 is 14.7 Å². The maximum Gasteiger partial charge on any atom is 0.280 e. The summed E-state index contributed by atoms with van der Waals surface area (Å²) in [6.45, 7) is 9.68. The molecule has 11 atom stereocenters. The van der Waals surface area contributed by atoms with E-state index in [1.54, 1.807) is 6.07 Å². The molecule has 5 nitrogen and oxygen atoms in total. The summed E-state index contributed by atoms with van der Waals surface area (Å²) in [6, 6.07) is 1.58. The van der Waals surface area contributed by atoms with Crippen LogP contribution in [0, 0.1) is 52.3 Å². The van der Waals surface area contributed by atoms with Crippen molar-refractivity contribution in [2.75, 3.05) is 0 Å². The lowest BCUT2D eigenvalue weighted by Gasteiger charge is -2.64. The summed E-state index contributed by atoms with van der Waals surface area (Å²) in [4.78, 5) is 11.4. The summed E-state index contributed by atoms with van der Waals surface area (Å²) in [6.07, 6.45) is 10.4. The van der Waals surface area contributed by atoms with Crippen LogP contribution in [0.2, 0.25) is 0 Å². The third-order valence-electron chi connectivity index (χ3n) is 11.6. The number of aliphatic hydroxyl groups excluding tert-OH is 2. The molecule has 4 aliphatic rings. The molecule has 0 radical (unpaired) electrons. The molecule has 1 heterocycles. The molecule has 4 saturated carbocycles. The Morgan fingerprint density at radius 3 is 2.52 bits per heavy atom. The fourth-order valence-electron chi connectivity index (χ4n) is 9.95. The Kier molecular flexibility index (Phi) is 6.13. The van der Waals surface area contributed by atoms with Gasteiger partial charge in [-0.25, -0.2) is 0 Å². The minimum Gasteiger partial charge on any atom is -0.393 e. The van der Waals surface area contributed by atoms with Crippen LogP contribution in [0.5, 0.6) is 0 Å². The number of aromatic amines is 1. The van der Waals surface area contributed by atoms with Crippen molar-refractivity contribution in [1.82, 2.24) is 5.16 Å². The number of aryl methyl sites for hydroxylation is 1. The van der Waals surface area contributed by atoms with Gasteiger partial charge < -0.3 is 14.7 Å². The van der Waals surface area contributed by atoms with Gasteiger partial charge in [0.05, 0.1) is 12.2 Å². The first kappa shape index (κ1) is 23.7. The largest absolute Gasteiger partial charge is 0.393 e. The van der Waals surface area contributed by atoms with Gasteiger partial charge in [-0.1, -0.05) is 34.1 Å². The summed E-state index contributed by atoms with van der Waals surface area (Å²) in [7, 11) is 0.